The van der Waals surface area contributed by atoms with Crippen LogP contribution in [0.2, 0.25) is 0 Å². The SMILES string of the molecule is C=C(C)c1cccc(C(=C)C)c1.C=COC(C)=O. The van der Waals surface area contributed by atoms with Crippen LogP contribution in [0.3, 0.4) is 0 Å². The number of esters is 1. The van der Waals surface area contributed by atoms with E-state index in [0.29, 0.717) is 0 Å². The second kappa shape index (κ2) is 8.07. The van der Waals surface area contributed by atoms with Gasteiger partial charge < -0.3 is 4.74 Å². The zero-order chi connectivity index (χ0) is 14.1. The van der Waals surface area contributed by atoms with Gasteiger partial charge in [-0.15, -0.1) is 0 Å². The summed E-state index contributed by atoms with van der Waals surface area (Å²) in [6.45, 7) is 16.3. The van der Waals surface area contributed by atoms with Crippen molar-refractivity contribution >= 4 is 17.1 Å². The Labute approximate surface area is 109 Å². The highest BCUT2D eigenvalue weighted by atomic mass is 16.5. The minimum atomic E-state index is -0.329. The number of carbonyl (C=O) groups is 1. The standard InChI is InChI=1S/C12H14.C4H6O2/c1-9(2)11-6-5-7-12(8-11)10(3)4;1-3-6-4(2)5/h5-8H,1,3H2,2,4H3;3H,1H2,2H3. The molecule has 96 valence electrons. The number of hydrogen-bond donors (Lipinski definition) is 0. The maximum absolute atomic E-state index is 9.75. The lowest BCUT2D eigenvalue weighted by molar-refractivity contribution is -0.135. The van der Waals surface area contributed by atoms with Gasteiger partial charge in [-0.2, -0.15) is 0 Å². The number of rotatable bonds is 3. The first kappa shape index (κ1) is 15.9. The first-order chi connectivity index (χ1) is 8.38. The van der Waals surface area contributed by atoms with E-state index in [9.17, 15) is 4.79 Å². The van der Waals surface area contributed by atoms with Crippen molar-refractivity contribution in [2.45, 2.75) is 20.8 Å². The molecule has 0 aromatic heterocycles. The van der Waals surface area contributed by atoms with Gasteiger partial charge in [-0.05, 0) is 31.0 Å². The van der Waals surface area contributed by atoms with Gasteiger partial charge in [-0.1, -0.05) is 49.1 Å². The highest BCUT2D eigenvalue weighted by molar-refractivity contribution is 5.68. The molecule has 0 heterocycles. The average molecular weight is 244 g/mol. The highest BCUT2D eigenvalue weighted by Crippen LogP contribution is 2.17. The van der Waals surface area contributed by atoms with Crippen LogP contribution in [0, 0.1) is 0 Å². The van der Waals surface area contributed by atoms with Crippen molar-refractivity contribution < 1.29 is 9.53 Å². The Hall–Kier alpha value is -2.09. The lowest BCUT2D eigenvalue weighted by atomic mass is 10.0. The minimum Gasteiger partial charge on any atom is -0.435 e. The number of hydrogen-bond acceptors (Lipinski definition) is 2. The van der Waals surface area contributed by atoms with Crippen molar-refractivity contribution in [1.29, 1.82) is 0 Å². The van der Waals surface area contributed by atoms with Crippen LogP contribution in [0.4, 0.5) is 0 Å². The van der Waals surface area contributed by atoms with Crippen LogP contribution in [-0.2, 0) is 9.53 Å². The largest absolute Gasteiger partial charge is 0.435 e. The first-order valence-corrected chi connectivity index (χ1v) is 5.58. The zero-order valence-electron chi connectivity index (χ0n) is 11.3. The van der Waals surface area contributed by atoms with Gasteiger partial charge in [0, 0.05) is 6.92 Å². The quantitative estimate of drug-likeness (QED) is 0.580. The molecule has 0 unspecified atom stereocenters. The molecule has 0 atom stereocenters. The summed E-state index contributed by atoms with van der Waals surface area (Å²) in [7, 11) is 0. The van der Waals surface area contributed by atoms with Crippen LogP contribution in [0.1, 0.15) is 31.9 Å². The average Bonchev–Trinajstić information content (AvgIpc) is 2.29. The lowest BCUT2D eigenvalue weighted by Crippen LogP contribution is -1.87. The minimum absolute atomic E-state index is 0.329. The molecule has 0 saturated carbocycles. The monoisotopic (exact) mass is 244 g/mol. The van der Waals surface area contributed by atoms with Gasteiger partial charge in [0.1, 0.15) is 0 Å². The number of carbonyl (C=O) groups excluding carboxylic acids is 1. The third-order valence-corrected chi connectivity index (χ3v) is 2.10. The zero-order valence-corrected chi connectivity index (χ0v) is 11.3. The fourth-order valence-electron chi connectivity index (χ4n) is 1.17. The molecule has 18 heavy (non-hydrogen) atoms. The van der Waals surface area contributed by atoms with Crippen molar-refractivity contribution in [2.24, 2.45) is 0 Å². The van der Waals surface area contributed by atoms with E-state index in [2.05, 4.69) is 42.7 Å². The van der Waals surface area contributed by atoms with Crippen LogP contribution in [-0.4, -0.2) is 5.97 Å². The molecule has 1 aromatic carbocycles. The molecule has 0 saturated heterocycles. The fraction of sp³-hybridized carbons (Fsp3) is 0.188. The molecule has 1 rings (SSSR count). The van der Waals surface area contributed by atoms with Gasteiger partial charge in [0.2, 0.25) is 0 Å². The summed E-state index contributed by atoms with van der Waals surface area (Å²) in [6, 6.07) is 8.28. The Morgan fingerprint density at radius 2 is 1.56 bits per heavy atom. The van der Waals surface area contributed by atoms with Gasteiger partial charge >= 0.3 is 5.97 Å². The van der Waals surface area contributed by atoms with Crippen molar-refractivity contribution in [1.82, 2.24) is 0 Å². The van der Waals surface area contributed by atoms with Crippen LogP contribution in [0.25, 0.3) is 11.1 Å². The summed E-state index contributed by atoms with van der Waals surface area (Å²) in [5.74, 6) is -0.329. The summed E-state index contributed by atoms with van der Waals surface area (Å²) in [5.41, 5.74) is 4.57. The summed E-state index contributed by atoms with van der Waals surface area (Å²) in [6.07, 6.45) is 1.10. The fourth-order valence-corrected chi connectivity index (χ4v) is 1.17. The Kier molecular flexibility index (Phi) is 7.13. The molecule has 0 N–H and O–H groups in total. The van der Waals surface area contributed by atoms with Crippen LogP contribution in [0.15, 0.2) is 50.3 Å². The van der Waals surface area contributed by atoms with Crippen LogP contribution in [0.5, 0.6) is 0 Å². The molecule has 0 fully saturated rings. The molecule has 0 bridgehead atoms. The van der Waals surface area contributed by atoms with Gasteiger partial charge in [-0.3, -0.25) is 4.79 Å². The van der Waals surface area contributed by atoms with E-state index >= 15 is 0 Å². The van der Waals surface area contributed by atoms with E-state index in [1.807, 2.05) is 19.9 Å². The summed E-state index contributed by atoms with van der Waals surface area (Å²) in [5, 5.41) is 0. The molecular formula is C16H20O2. The van der Waals surface area contributed by atoms with E-state index in [0.717, 1.165) is 17.4 Å². The van der Waals surface area contributed by atoms with Crippen molar-refractivity contribution in [3.63, 3.8) is 0 Å². The molecule has 0 aliphatic carbocycles. The van der Waals surface area contributed by atoms with E-state index < -0.39 is 0 Å². The van der Waals surface area contributed by atoms with E-state index in [1.54, 1.807) is 0 Å². The lowest BCUT2D eigenvalue weighted by Gasteiger charge is -2.03. The molecule has 0 radical (unpaired) electrons. The van der Waals surface area contributed by atoms with Gasteiger partial charge in [0.05, 0.1) is 6.26 Å². The molecule has 0 aliphatic rings. The molecule has 0 amide bonds. The molecule has 0 spiro atoms. The van der Waals surface area contributed by atoms with Gasteiger partial charge in [0.25, 0.3) is 0 Å². The topological polar surface area (TPSA) is 26.3 Å². The second-order valence-corrected chi connectivity index (χ2v) is 3.92. The van der Waals surface area contributed by atoms with E-state index in [1.165, 1.54) is 18.1 Å². The van der Waals surface area contributed by atoms with Crippen LogP contribution < -0.4 is 0 Å². The van der Waals surface area contributed by atoms with E-state index in [4.69, 9.17) is 0 Å². The smallest absolute Gasteiger partial charge is 0.307 e. The Morgan fingerprint density at radius 1 is 1.11 bits per heavy atom. The molecular weight excluding hydrogens is 224 g/mol. The summed E-state index contributed by atoms with van der Waals surface area (Å²) < 4.78 is 4.17. The Morgan fingerprint density at radius 3 is 1.78 bits per heavy atom. The van der Waals surface area contributed by atoms with Crippen molar-refractivity contribution in [3.05, 3.63) is 61.4 Å². The summed E-state index contributed by atoms with van der Waals surface area (Å²) in [4.78, 5) is 9.75. The molecule has 0 aliphatic heterocycles. The van der Waals surface area contributed by atoms with Gasteiger partial charge in [-0.25, -0.2) is 0 Å². The molecule has 1 aromatic rings. The highest BCUT2D eigenvalue weighted by Gasteiger charge is 1.95. The van der Waals surface area contributed by atoms with E-state index in [-0.39, 0.29) is 5.97 Å². The summed E-state index contributed by atoms with van der Waals surface area (Å²) >= 11 is 0. The first-order valence-electron chi connectivity index (χ1n) is 5.58. The molecule has 2 heteroatoms. The number of benzene rings is 1. The van der Waals surface area contributed by atoms with Crippen molar-refractivity contribution in [3.8, 4) is 0 Å². The Balaban J connectivity index is 0.000000411. The number of allylic oxidation sites excluding steroid dienone is 2. The van der Waals surface area contributed by atoms with Crippen LogP contribution >= 0.6 is 0 Å². The second-order valence-electron chi connectivity index (χ2n) is 3.92. The maximum atomic E-state index is 9.75. The third-order valence-electron chi connectivity index (χ3n) is 2.10. The third kappa shape index (κ3) is 6.48. The predicted octanol–water partition coefficient (Wildman–Crippen LogP) is 4.45. The van der Waals surface area contributed by atoms with Crippen molar-refractivity contribution in [2.75, 3.05) is 0 Å². The van der Waals surface area contributed by atoms with Gasteiger partial charge in [0.15, 0.2) is 0 Å². The normalized spacial score (nSPS) is 8.61. The number of ether oxygens (including phenoxy) is 1. The predicted molar refractivity (Wildman–Crippen MR) is 77.8 cm³/mol. The molecule has 2 nitrogen and oxygen atoms in total. The Bertz CT molecular complexity index is 427. The maximum Gasteiger partial charge on any atom is 0.307 e.